The third-order valence-corrected chi connectivity index (χ3v) is 4.60. The summed E-state index contributed by atoms with van der Waals surface area (Å²) in [6, 6.07) is 10.1. The summed E-state index contributed by atoms with van der Waals surface area (Å²) in [7, 11) is 0. The van der Waals surface area contributed by atoms with E-state index in [9.17, 15) is 9.59 Å². The third-order valence-electron chi connectivity index (χ3n) is 3.50. The van der Waals surface area contributed by atoms with Crippen molar-refractivity contribution in [3.05, 3.63) is 51.7 Å². The van der Waals surface area contributed by atoms with E-state index in [4.69, 9.17) is 16.3 Å². The lowest BCUT2D eigenvalue weighted by Crippen LogP contribution is -2.54. The monoisotopic (exact) mass is 350 g/mol. The van der Waals surface area contributed by atoms with Crippen LogP contribution in [0.15, 0.2) is 41.8 Å². The van der Waals surface area contributed by atoms with E-state index in [1.807, 2.05) is 17.5 Å². The van der Waals surface area contributed by atoms with Crippen LogP contribution in [0.1, 0.15) is 4.88 Å². The molecule has 5 nitrogen and oxygen atoms in total. The van der Waals surface area contributed by atoms with Crippen LogP contribution >= 0.6 is 22.9 Å². The van der Waals surface area contributed by atoms with Gasteiger partial charge in [-0.1, -0.05) is 23.7 Å². The molecule has 0 saturated carbocycles. The number of ether oxygens (including phenoxy) is 1. The van der Waals surface area contributed by atoms with E-state index < -0.39 is 6.04 Å². The Labute approximate surface area is 142 Å². The molecule has 2 aromatic rings. The SMILES string of the molecule is O=C(Nc1cccc(Cl)c1)[C@@H]1COCC(=O)N1Cc1cccs1. The molecule has 0 aliphatic carbocycles. The minimum absolute atomic E-state index is 0.00627. The standard InChI is InChI=1S/C16H15ClN2O3S/c17-11-3-1-4-12(7-11)18-16(21)14-9-22-10-15(20)19(14)8-13-5-2-6-23-13/h1-7,14H,8-10H2,(H,18,21)/t14-/m0/s1. The Kier molecular flexibility index (Phi) is 4.95. The van der Waals surface area contributed by atoms with Crippen LogP contribution in [-0.4, -0.2) is 36.0 Å². The molecule has 0 radical (unpaired) electrons. The van der Waals surface area contributed by atoms with Gasteiger partial charge in [0.15, 0.2) is 0 Å². The predicted molar refractivity (Wildman–Crippen MR) is 89.6 cm³/mol. The highest BCUT2D eigenvalue weighted by Gasteiger charge is 2.34. The van der Waals surface area contributed by atoms with Crippen LogP contribution in [0.4, 0.5) is 5.69 Å². The van der Waals surface area contributed by atoms with Gasteiger partial charge in [0, 0.05) is 15.6 Å². The van der Waals surface area contributed by atoms with Gasteiger partial charge in [0.05, 0.1) is 13.2 Å². The van der Waals surface area contributed by atoms with Gasteiger partial charge in [-0.15, -0.1) is 11.3 Å². The van der Waals surface area contributed by atoms with E-state index in [0.29, 0.717) is 17.3 Å². The number of amides is 2. The summed E-state index contributed by atoms with van der Waals surface area (Å²) >= 11 is 7.48. The van der Waals surface area contributed by atoms with Gasteiger partial charge in [0.25, 0.3) is 0 Å². The van der Waals surface area contributed by atoms with E-state index >= 15 is 0 Å². The summed E-state index contributed by atoms with van der Waals surface area (Å²) in [5.74, 6) is -0.465. The number of nitrogens with one attached hydrogen (secondary N) is 1. The Morgan fingerprint density at radius 3 is 3.00 bits per heavy atom. The second kappa shape index (κ2) is 7.12. The number of nitrogens with zero attached hydrogens (tertiary/aromatic N) is 1. The number of thiophene rings is 1. The number of rotatable bonds is 4. The van der Waals surface area contributed by atoms with Gasteiger partial charge >= 0.3 is 0 Å². The summed E-state index contributed by atoms with van der Waals surface area (Å²) in [4.78, 5) is 27.3. The third kappa shape index (κ3) is 3.90. The smallest absolute Gasteiger partial charge is 0.249 e. The number of halogens is 1. The van der Waals surface area contributed by atoms with Crippen LogP contribution in [0, 0.1) is 0 Å². The van der Waals surface area contributed by atoms with Crippen LogP contribution in [-0.2, 0) is 20.9 Å². The van der Waals surface area contributed by atoms with Gasteiger partial charge in [-0.05, 0) is 29.6 Å². The maximum Gasteiger partial charge on any atom is 0.249 e. The Hall–Kier alpha value is -1.89. The number of carbonyl (C=O) groups excluding carboxylic acids is 2. The lowest BCUT2D eigenvalue weighted by atomic mass is 10.2. The van der Waals surface area contributed by atoms with Crippen molar-refractivity contribution < 1.29 is 14.3 Å². The lowest BCUT2D eigenvalue weighted by Gasteiger charge is -2.34. The zero-order valence-corrected chi connectivity index (χ0v) is 13.8. The first-order chi connectivity index (χ1) is 11.1. The van der Waals surface area contributed by atoms with Gasteiger partial charge in [0.1, 0.15) is 12.6 Å². The normalized spacial score (nSPS) is 18.0. The molecule has 1 aromatic carbocycles. The van der Waals surface area contributed by atoms with Crippen molar-refractivity contribution in [2.24, 2.45) is 0 Å². The zero-order chi connectivity index (χ0) is 16.2. The van der Waals surface area contributed by atoms with E-state index in [0.717, 1.165) is 4.88 Å². The number of hydrogen-bond acceptors (Lipinski definition) is 4. The molecule has 0 spiro atoms. The molecule has 1 atom stereocenters. The molecule has 0 unspecified atom stereocenters. The molecular weight excluding hydrogens is 336 g/mol. The van der Waals surface area contributed by atoms with E-state index in [1.165, 1.54) is 0 Å². The summed E-state index contributed by atoms with van der Waals surface area (Å²) < 4.78 is 5.25. The minimum atomic E-state index is -0.655. The van der Waals surface area contributed by atoms with Gasteiger partial charge in [0.2, 0.25) is 11.8 Å². The molecule has 2 heterocycles. The predicted octanol–water partition coefficient (Wildman–Crippen LogP) is 2.77. The second-order valence-electron chi connectivity index (χ2n) is 5.13. The van der Waals surface area contributed by atoms with E-state index in [-0.39, 0.29) is 25.0 Å². The number of benzene rings is 1. The number of anilines is 1. The summed E-state index contributed by atoms with van der Waals surface area (Å²) in [5, 5.41) is 5.27. The quantitative estimate of drug-likeness (QED) is 0.922. The van der Waals surface area contributed by atoms with Crippen LogP contribution in [0.5, 0.6) is 0 Å². The molecule has 1 fully saturated rings. The molecule has 1 saturated heterocycles. The van der Waals surface area contributed by atoms with Crippen molar-refractivity contribution >= 4 is 40.4 Å². The fourth-order valence-corrected chi connectivity index (χ4v) is 3.28. The van der Waals surface area contributed by atoms with Gasteiger partial charge < -0.3 is 15.0 Å². The Morgan fingerprint density at radius 1 is 1.39 bits per heavy atom. The molecule has 3 rings (SSSR count). The Morgan fingerprint density at radius 2 is 2.26 bits per heavy atom. The summed E-state index contributed by atoms with van der Waals surface area (Å²) in [5.41, 5.74) is 0.594. The molecule has 7 heteroatoms. The molecule has 120 valence electrons. The lowest BCUT2D eigenvalue weighted by molar-refractivity contribution is -0.153. The van der Waals surface area contributed by atoms with Gasteiger partial charge in [-0.25, -0.2) is 0 Å². The molecule has 1 aromatic heterocycles. The van der Waals surface area contributed by atoms with Crippen LogP contribution in [0.3, 0.4) is 0 Å². The molecule has 0 bridgehead atoms. The number of morpholine rings is 1. The Bertz CT molecular complexity index is 705. The van der Waals surface area contributed by atoms with E-state index in [2.05, 4.69) is 5.32 Å². The van der Waals surface area contributed by atoms with Crippen LogP contribution < -0.4 is 5.32 Å². The van der Waals surface area contributed by atoms with Crippen molar-refractivity contribution in [3.63, 3.8) is 0 Å². The zero-order valence-electron chi connectivity index (χ0n) is 12.2. The van der Waals surface area contributed by atoms with Crippen molar-refractivity contribution in [2.75, 3.05) is 18.5 Å². The van der Waals surface area contributed by atoms with Crippen molar-refractivity contribution in [3.8, 4) is 0 Å². The molecule has 1 N–H and O–H groups in total. The van der Waals surface area contributed by atoms with Gasteiger partial charge in [-0.3, -0.25) is 9.59 Å². The van der Waals surface area contributed by atoms with Gasteiger partial charge in [-0.2, -0.15) is 0 Å². The molecular formula is C16H15ClN2O3S. The average molecular weight is 351 g/mol. The molecule has 1 aliphatic rings. The van der Waals surface area contributed by atoms with Crippen LogP contribution in [0.2, 0.25) is 5.02 Å². The highest BCUT2D eigenvalue weighted by molar-refractivity contribution is 7.09. The first-order valence-electron chi connectivity index (χ1n) is 7.09. The van der Waals surface area contributed by atoms with E-state index in [1.54, 1.807) is 40.5 Å². The summed E-state index contributed by atoms with van der Waals surface area (Å²) in [6.45, 7) is 0.601. The maximum absolute atomic E-state index is 12.5. The summed E-state index contributed by atoms with van der Waals surface area (Å²) in [6.07, 6.45) is 0. The first-order valence-corrected chi connectivity index (χ1v) is 8.35. The van der Waals surface area contributed by atoms with Crippen molar-refractivity contribution in [2.45, 2.75) is 12.6 Å². The first kappa shape index (κ1) is 16.0. The number of hydrogen-bond donors (Lipinski definition) is 1. The maximum atomic E-state index is 12.5. The minimum Gasteiger partial charge on any atom is -0.369 e. The Balaban J connectivity index is 1.74. The highest BCUT2D eigenvalue weighted by atomic mass is 35.5. The molecule has 23 heavy (non-hydrogen) atoms. The van der Waals surface area contributed by atoms with Crippen molar-refractivity contribution in [1.82, 2.24) is 4.90 Å². The molecule has 1 aliphatic heterocycles. The largest absolute Gasteiger partial charge is 0.369 e. The van der Waals surface area contributed by atoms with Crippen molar-refractivity contribution in [1.29, 1.82) is 0 Å². The topological polar surface area (TPSA) is 58.6 Å². The average Bonchev–Trinajstić information content (AvgIpc) is 3.02. The number of carbonyl (C=O) groups is 2. The highest BCUT2D eigenvalue weighted by Crippen LogP contribution is 2.20. The fraction of sp³-hybridized carbons (Fsp3) is 0.250. The fourth-order valence-electron chi connectivity index (χ4n) is 2.38. The van der Waals surface area contributed by atoms with Crippen LogP contribution in [0.25, 0.3) is 0 Å². The second-order valence-corrected chi connectivity index (χ2v) is 6.60. The molecule has 2 amide bonds.